The molecule has 3 nitrogen and oxygen atoms in total. The summed E-state index contributed by atoms with van der Waals surface area (Å²) in [5, 5.41) is 2.95. The van der Waals surface area contributed by atoms with Gasteiger partial charge in [0, 0.05) is 19.6 Å². The molecule has 92 valence electrons. The smallest absolute Gasteiger partial charge is 0.251 e. The minimum atomic E-state index is -0.747. The summed E-state index contributed by atoms with van der Waals surface area (Å²) < 4.78 is 5.14. The average molecular weight is 233 g/mol. The monoisotopic (exact) mass is 233 g/mol. The highest BCUT2D eigenvalue weighted by molar-refractivity contribution is 5.84. The average Bonchev–Trinajstić information content (AvgIpc) is 2.30. The highest BCUT2D eigenvalue weighted by atomic mass is 16.5. The number of hydrogen-bond donors (Lipinski definition) is 1. The lowest BCUT2D eigenvalue weighted by atomic mass is 9.77. The molecule has 1 atom stereocenters. The summed E-state index contributed by atoms with van der Waals surface area (Å²) in [4.78, 5) is 11.8. The Morgan fingerprint density at radius 2 is 2.18 bits per heavy atom. The summed E-state index contributed by atoms with van der Waals surface area (Å²) >= 11 is 0. The van der Waals surface area contributed by atoms with E-state index in [-0.39, 0.29) is 5.91 Å². The number of amides is 1. The number of nitrogens with one attached hydrogen (secondary N) is 1. The lowest BCUT2D eigenvalue weighted by molar-refractivity contribution is -0.139. The number of carbonyl (C=O) groups excluding carboxylic acids is 1. The second-order valence-electron chi connectivity index (χ2n) is 5.02. The zero-order valence-electron chi connectivity index (χ0n) is 10.6. The van der Waals surface area contributed by atoms with Crippen LogP contribution in [0, 0.1) is 0 Å². The van der Waals surface area contributed by atoms with Gasteiger partial charge in [0.15, 0.2) is 0 Å². The Morgan fingerprint density at radius 3 is 2.82 bits per heavy atom. The SMILES string of the molecule is COC(C)(C)C(=O)NCC1Cc2ccccc21. The van der Waals surface area contributed by atoms with Crippen LogP contribution in [0.5, 0.6) is 0 Å². The molecule has 0 aliphatic heterocycles. The van der Waals surface area contributed by atoms with E-state index in [2.05, 4.69) is 23.5 Å². The van der Waals surface area contributed by atoms with Crippen molar-refractivity contribution in [1.29, 1.82) is 0 Å². The maximum atomic E-state index is 11.8. The van der Waals surface area contributed by atoms with Crippen molar-refractivity contribution in [2.45, 2.75) is 31.8 Å². The van der Waals surface area contributed by atoms with Gasteiger partial charge in [0.05, 0.1) is 0 Å². The minimum Gasteiger partial charge on any atom is -0.369 e. The van der Waals surface area contributed by atoms with Crippen LogP contribution in [-0.4, -0.2) is 25.2 Å². The molecule has 1 aliphatic rings. The molecule has 0 saturated carbocycles. The van der Waals surface area contributed by atoms with Crippen molar-refractivity contribution >= 4 is 5.91 Å². The molecule has 1 N–H and O–H groups in total. The van der Waals surface area contributed by atoms with Gasteiger partial charge in [-0.2, -0.15) is 0 Å². The van der Waals surface area contributed by atoms with E-state index >= 15 is 0 Å². The van der Waals surface area contributed by atoms with Gasteiger partial charge in [0.1, 0.15) is 5.60 Å². The standard InChI is InChI=1S/C14H19NO2/c1-14(2,17-3)13(16)15-9-11-8-10-6-4-5-7-12(10)11/h4-7,11H,8-9H2,1-3H3,(H,15,16). The first-order valence-corrected chi connectivity index (χ1v) is 5.96. The van der Waals surface area contributed by atoms with Gasteiger partial charge in [-0.25, -0.2) is 0 Å². The Kier molecular flexibility index (Phi) is 3.20. The number of rotatable bonds is 4. The second kappa shape index (κ2) is 4.49. The van der Waals surface area contributed by atoms with Gasteiger partial charge in [-0.1, -0.05) is 24.3 Å². The first-order valence-electron chi connectivity index (χ1n) is 5.96. The highest BCUT2D eigenvalue weighted by Crippen LogP contribution is 2.34. The molecule has 1 aliphatic carbocycles. The fraction of sp³-hybridized carbons (Fsp3) is 0.500. The zero-order valence-corrected chi connectivity index (χ0v) is 10.6. The van der Waals surface area contributed by atoms with E-state index in [4.69, 9.17) is 4.74 Å². The summed E-state index contributed by atoms with van der Waals surface area (Å²) in [7, 11) is 1.55. The lowest BCUT2D eigenvalue weighted by Crippen LogP contribution is -2.45. The normalized spacial score (nSPS) is 18.2. The van der Waals surface area contributed by atoms with Crippen molar-refractivity contribution in [2.75, 3.05) is 13.7 Å². The largest absolute Gasteiger partial charge is 0.369 e. The fourth-order valence-electron chi connectivity index (χ4n) is 2.07. The topological polar surface area (TPSA) is 38.3 Å². The predicted octanol–water partition coefficient (Wildman–Crippen LogP) is 1.87. The Labute approximate surface area is 102 Å². The Morgan fingerprint density at radius 1 is 1.47 bits per heavy atom. The van der Waals surface area contributed by atoms with Crippen LogP contribution in [0.15, 0.2) is 24.3 Å². The third-order valence-electron chi connectivity index (χ3n) is 3.53. The van der Waals surface area contributed by atoms with Crippen LogP contribution in [0.25, 0.3) is 0 Å². The van der Waals surface area contributed by atoms with E-state index in [9.17, 15) is 4.79 Å². The number of ether oxygens (including phenoxy) is 1. The molecule has 0 radical (unpaired) electrons. The van der Waals surface area contributed by atoms with E-state index in [0.29, 0.717) is 12.5 Å². The van der Waals surface area contributed by atoms with Gasteiger partial charge in [0.25, 0.3) is 5.91 Å². The molecule has 0 saturated heterocycles. The number of hydrogen-bond acceptors (Lipinski definition) is 2. The molecule has 0 heterocycles. The zero-order chi connectivity index (χ0) is 12.5. The number of methoxy groups -OCH3 is 1. The number of carbonyl (C=O) groups is 1. The maximum absolute atomic E-state index is 11.8. The van der Waals surface area contributed by atoms with Crippen LogP contribution in [0.4, 0.5) is 0 Å². The summed E-state index contributed by atoms with van der Waals surface area (Å²) in [6.07, 6.45) is 1.06. The number of fused-ring (bicyclic) bond motifs is 1. The van der Waals surface area contributed by atoms with Crippen LogP contribution < -0.4 is 5.32 Å². The van der Waals surface area contributed by atoms with E-state index in [1.165, 1.54) is 11.1 Å². The minimum absolute atomic E-state index is 0.0515. The molecule has 1 aromatic carbocycles. The van der Waals surface area contributed by atoms with Crippen molar-refractivity contribution in [3.63, 3.8) is 0 Å². The Bertz CT molecular complexity index is 426. The van der Waals surface area contributed by atoms with Gasteiger partial charge in [-0.3, -0.25) is 4.79 Å². The fourth-order valence-corrected chi connectivity index (χ4v) is 2.07. The second-order valence-corrected chi connectivity index (χ2v) is 5.02. The third-order valence-corrected chi connectivity index (χ3v) is 3.53. The molecular weight excluding hydrogens is 214 g/mol. The Hall–Kier alpha value is -1.35. The molecule has 2 rings (SSSR count). The molecule has 0 spiro atoms. The van der Waals surface area contributed by atoms with Crippen LogP contribution in [0.2, 0.25) is 0 Å². The van der Waals surface area contributed by atoms with E-state index in [0.717, 1.165) is 6.42 Å². The third kappa shape index (κ3) is 2.34. The molecule has 1 amide bonds. The lowest BCUT2D eigenvalue weighted by Gasteiger charge is -2.31. The van der Waals surface area contributed by atoms with E-state index in [1.807, 2.05) is 6.07 Å². The molecule has 1 unspecified atom stereocenters. The highest BCUT2D eigenvalue weighted by Gasteiger charge is 2.30. The maximum Gasteiger partial charge on any atom is 0.251 e. The predicted molar refractivity (Wildman–Crippen MR) is 67.0 cm³/mol. The first kappa shape index (κ1) is 12.1. The van der Waals surface area contributed by atoms with E-state index in [1.54, 1.807) is 21.0 Å². The summed E-state index contributed by atoms with van der Waals surface area (Å²) in [6, 6.07) is 8.39. The van der Waals surface area contributed by atoms with Crippen molar-refractivity contribution in [3.05, 3.63) is 35.4 Å². The molecule has 0 aromatic heterocycles. The van der Waals surface area contributed by atoms with Gasteiger partial charge in [-0.15, -0.1) is 0 Å². The summed E-state index contributed by atoms with van der Waals surface area (Å²) in [5.74, 6) is 0.409. The molecular formula is C14H19NO2. The Balaban J connectivity index is 1.88. The van der Waals surface area contributed by atoms with Gasteiger partial charge >= 0.3 is 0 Å². The van der Waals surface area contributed by atoms with E-state index < -0.39 is 5.60 Å². The summed E-state index contributed by atoms with van der Waals surface area (Å²) in [6.45, 7) is 4.25. The van der Waals surface area contributed by atoms with Gasteiger partial charge in [-0.05, 0) is 31.4 Å². The molecule has 17 heavy (non-hydrogen) atoms. The van der Waals surface area contributed by atoms with Crippen LogP contribution in [0.1, 0.15) is 30.9 Å². The van der Waals surface area contributed by atoms with Gasteiger partial charge < -0.3 is 10.1 Å². The summed E-state index contributed by atoms with van der Waals surface area (Å²) in [5.41, 5.74) is 2.02. The van der Waals surface area contributed by atoms with Gasteiger partial charge in [0.2, 0.25) is 0 Å². The van der Waals surface area contributed by atoms with Crippen LogP contribution >= 0.6 is 0 Å². The van der Waals surface area contributed by atoms with Crippen LogP contribution in [0.3, 0.4) is 0 Å². The number of benzene rings is 1. The van der Waals surface area contributed by atoms with Crippen molar-refractivity contribution < 1.29 is 9.53 Å². The molecule has 0 bridgehead atoms. The molecule has 1 aromatic rings. The van der Waals surface area contributed by atoms with Crippen molar-refractivity contribution in [1.82, 2.24) is 5.32 Å². The van der Waals surface area contributed by atoms with Crippen molar-refractivity contribution in [2.24, 2.45) is 0 Å². The molecule has 0 fully saturated rings. The first-order chi connectivity index (χ1) is 8.04. The van der Waals surface area contributed by atoms with Crippen molar-refractivity contribution in [3.8, 4) is 0 Å². The van der Waals surface area contributed by atoms with Crippen LogP contribution in [-0.2, 0) is 16.0 Å². The quantitative estimate of drug-likeness (QED) is 0.862. The molecule has 3 heteroatoms.